The summed E-state index contributed by atoms with van der Waals surface area (Å²) in [5.74, 6) is -6.38. The van der Waals surface area contributed by atoms with Gasteiger partial charge in [0.15, 0.2) is 0 Å². The molecule has 4 bridgehead atoms. The number of allylic oxidation sites excluding steroid dienone is 2. The van der Waals surface area contributed by atoms with E-state index in [1.54, 1.807) is 12.2 Å². The first-order valence-electron chi connectivity index (χ1n) is 23.7. The van der Waals surface area contributed by atoms with Crippen molar-refractivity contribution < 1.29 is 54.0 Å². The van der Waals surface area contributed by atoms with Crippen LogP contribution in [0.25, 0.3) is 0 Å². The number of nitrogens with zero attached hydrogens (tertiary/aromatic N) is 2. The average Bonchev–Trinajstić information content (AvgIpc) is 3.27. The Kier molecular flexibility index (Phi) is 23.5. The van der Waals surface area contributed by atoms with E-state index < -0.39 is 90.9 Å². The number of likely N-dealkylation sites (N-methyl/N-ethyl adjacent to an activating group) is 2. The van der Waals surface area contributed by atoms with Crippen LogP contribution in [-0.4, -0.2) is 135 Å². The maximum Gasteiger partial charge on any atom is 0.326 e. The number of hydrogen-bond donors (Lipinski definition) is 8. The topological polar surface area (TPSA) is 255 Å². The molecule has 3 rings (SSSR count). The summed E-state index contributed by atoms with van der Waals surface area (Å²) >= 11 is 0. The van der Waals surface area contributed by atoms with Crippen LogP contribution in [0.2, 0.25) is 0 Å². The summed E-state index contributed by atoms with van der Waals surface area (Å²) in [4.78, 5) is 94.4. The summed E-state index contributed by atoms with van der Waals surface area (Å²) in [5.41, 5.74) is 1.12. The lowest BCUT2D eigenvalue weighted by Crippen LogP contribution is -2.58. The number of carboxylic acids is 1. The second-order valence-corrected chi connectivity index (χ2v) is 17.9. The van der Waals surface area contributed by atoms with Crippen LogP contribution in [0.4, 0.5) is 0 Å². The SMILES string of the molecule is CCCCCCCCCCCCCCCCCC(=O)N(C)[C@H](CO)C(=O)N[C@H](C)C(=O)NCC(=O)N(C)[C@@H]1C(=O)N[C@@H](C)C(=O)N[C@H](C(=O)O)CC2=CC[C@H](O)C(=C2)C2=C(O)C=C[C@H]1C2. The quantitative estimate of drug-likeness (QED) is 0.0608. The third kappa shape index (κ3) is 17.4. The summed E-state index contributed by atoms with van der Waals surface area (Å²) in [6, 6.07) is -6.34. The molecule has 0 fully saturated rings. The van der Waals surface area contributed by atoms with Crippen molar-refractivity contribution in [3.05, 3.63) is 46.8 Å². The number of fused-ring (bicyclic) bond motifs is 4. The van der Waals surface area contributed by atoms with Crippen molar-refractivity contribution in [1.82, 2.24) is 31.1 Å². The highest BCUT2D eigenvalue weighted by Gasteiger charge is 2.39. The van der Waals surface area contributed by atoms with E-state index in [-0.39, 0.29) is 37.3 Å². The molecule has 0 radical (unpaired) electrons. The highest BCUT2D eigenvalue weighted by Crippen LogP contribution is 2.36. The highest BCUT2D eigenvalue weighted by molar-refractivity contribution is 5.96. The monoisotopic (exact) mass is 913 g/mol. The molecule has 1 heterocycles. The smallest absolute Gasteiger partial charge is 0.326 e. The molecule has 3 aliphatic rings. The molecule has 7 atom stereocenters. The van der Waals surface area contributed by atoms with Crippen LogP contribution in [0, 0.1) is 5.92 Å². The van der Waals surface area contributed by atoms with Crippen LogP contribution in [0.15, 0.2) is 46.8 Å². The van der Waals surface area contributed by atoms with Gasteiger partial charge in [-0.05, 0) is 50.3 Å². The minimum atomic E-state index is -1.37. The Morgan fingerprint density at radius 1 is 0.831 bits per heavy atom. The van der Waals surface area contributed by atoms with Crippen molar-refractivity contribution in [1.29, 1.82) is 0 Å². The van der Waals surface area contributed by atoms with Gasteiger partial charge in [0.25, 0.3) is 0 Å². The average molecular weight is 913 g/mol. The fourth-order valence-corrected chi connectivity index (χ4v) is 8.49. The van der Waals surface area contributed by atoms with Crippen molar-refractivity contribution in [3.63, 3.8) is 0 Å². The Labute approximate surface area is 384 Å². The van der Waals surface area contributed by atoms with E-state index in [1.165, 1.54) is 116 Å². The van der Waals surface area contributed by atoms with Gasteiger partial charge in [0.1, 0.15) is 36.0 Å². The van der Waals surface area contributed by atoms with E-state index in [4.69, 9.17) is 0 Å². The van der Waals surface area contributed by atoms with E-state index in [1.807, 2.05) is 0 Å². The molecule has 1 aliphatic heterocycles. The van der Waals surface area contributed by atoms with Crippen molar-refractivity contribution in [2.75, 3.05) is 27.2 Å². The molecule has 2 aliphatic carbocycles. The number of aliphatic carboxylic acids is 1. The van der Waals surface area contributed by atoms with Gasteiger partial charge in [-0.2, -0.15) is 0 Å². The first-order valence-corrected chi connectivity index (χ1v) is 23.7. The van der Waals surface area contributed by atoms with Gasteiger partial charge in [-0.15, -0.1) is 0 Å². The van der Waals surface area contributed by atoms with Crippen molar-refractivity contribution >= 4 is 41.4 Å². The summed E-state index contributed by atoms with van der Waals surface area (Å²) in [6.45, 7) is 3.69. The van der Waals surface area contributed by atoms with Crippen molar-refractivity contribution in [2.24, 2.45) is 5.92 Å². The number of aliphatic hydroxyl groups is 3. The zero-order chi connectivity index (χ0) is 48.1. The molecule has 17 heteroatoms. The van der Waals surface area contributed by atoms with Gasteiger partial charge in [-0.3, -0.25) is 28.8 Å². The summed E-state index contributed by atoms with van der Waals surface area (Å²) in [6.07, 6.45) is 23.2. The molecule has 0 aromatic heterocycles. The normalized spacial score (nSPS) is 22.0. The van der Waals surface area contributed by atoms with Crippen LogP contribution in [0.5, 0.6) is 0 Å². The van der Waals surface area contributed by atoms with E-state index in [0.717, 1.165) is 24.2 Å². The predicted molar refractivity (Wildman–Crippen MR) is 246 cm³/mol. The molecule has 364 valence electrons. The molecular weight excluding hydrogens is 837 g/mol. The maximum absolute atomic E-state index is 13.9. The molecule has 0 saturated heterocycles. The fourth-order valence-electron chi connectivity index (χ4n) is 8.49. The molecule has 0 saturated carbocycles. The van der Waals surface area contributed by atoms with Crippen molar-refractivity contribution in [3.8, 4) is 0 Å². The fraction of sp³-hybridized carbons (Fsp3) is 0.688. The first kappa shape index (κ1) is 54.3. The van der Waals surface area contributed by atoms with E-state index in [0.29, 0.717) is 23.1 Å². The second-order valence-electron chi connectivity index (χ2n) is 17.9. The summed E-state index contributed by atoms with van der Waals surface area (Å²) < 4.78 is 0. The molecule has 0 spiro atoms. The minimum Gasteiger partial charge on any atom is -0.508 e. The Morgan fingerprint density at radius 3 is 1.98 bits per heavy atom. The molecule has 8 N–H and O–H groups in total. The largest absolute Gasteiger partial charge is 0.508 e. The number of carboxylic acid groups (broad SMARTS) is 1. The lowest BCUT2D eigenvalue weighted by Gasteiger charge is -2.36. The Balaban J connectivity index is 1.52. The number of unbranched alkanes of at least 4 members (excludes halogenated alkanes) is 14. The maximum atomic E-state index is 13.9. The van der Waals surface area contributed by atoms with E-state index in [9.17, 15) is 54.0 Å². The zero-order valence-corrected chi connectivity index (χ0v) is 39.2. The molecule has 65 heavy (non-hydrogen) atoms. The molecule has 6 amide bonds. The lowest BCUT2D eigenvalue weighted by atomic mass is 9.79. The van der Waals surface area contributed by atoms with Gasteiger partial charge in [0.2, 0.25) is 35.4 Å². The van der Waals surface area contributed by atoms with Gasteiger partial charge < -0.3 is 51.5 Å². The number of carbonyl (C=O) groups excluding carboxylic acids is 6. The van der Waals surface area contributed by atoms with Crippen molar-refractivity contribution in [2.45, 2.75) is 179 Å². The molecular formula is C48H76N6O11. The third-order valence-corrected chi connectivity index (χ3v) is 12.7. The van der Waals surface area contributed by atoms with Gasteiger partial charge in [-0.1, -0.05) is 115 Å². The number of amides is 6. The van der Waals surface area contributed by atoms with Crippen LogP contribution >= 0.6 is 0 Å². The van der Waals surface area contributed by atoms with Gasteiger partial charge in [0.05, 0.1) is 19.3 Å². The van der Waals surface area contributed by atoms with E-state index in [2.05, 4.69) is 28.2 Å². The predicted octanol–water partition coefficient (Wildman–Crippen LogP) is 4.00. The Bertz CT molecular complexity index is 1780. The minimum absolute atomic E-state index is 0.0188. The number of carbonyl (C=O) groups is 7. The van der Waals surface area contributed by atoms with Gasteiger partial charge in [-0.25, -0.2) is 4.79 Å². The van der Waals surface area contributed by atoms with Crippen LogP contribution in [-0.2, 0) is 33.6 Å². The van der Waals surface area contributed by atoms with Crippen LogP contribution < -0.4 is 21.3 Å². The second kappa shape index (κ2) is 28.1. The number of nitrogens with one attached hydrogen (secondary N) is 4. The molecule has 0 aromatic carbocycles. The van der Waals surface area contributed by atoms with Crippen LogP contribution in [0.3, 0.4) is 0 Å². The number of aliphatic hydroxyl groups excluding tert-OH is 3. The number of rotatable bonds is 25. The Hall–Kier alpha value is -5.03. The highest BCUT2D eigenvalue weighted by atomic mass is 16.4. The molecule has 0 aromatic rings. The summed E-state index contributed by atoms with van der Waals surface area (Å²) in [7, 11) is 2.76. The van der Waals surface area contributed by atoms with Crippen LogP contribution in [0.1, 0.15) is 143 Å². The standard InChI is InChI=1S/C48H76N6O11/c1-6-7-8-9-10-11-12-13-14-15-16-17-18-19-20-21-41(58)53(4)38(30-55)46(62)50-31(2)44(60)49-29-42(59)54(5)43-34-23-25-40(57)36(28-34)35-26-33(22-24-39(35)56)27-37(48(64)65)52-45(61)32(3)51-47(43)63/h22-23,25-26,31-32,34,37-39,43,55-57H,6-21,24,27-30H2,1-5H3,(H,49,60)(H,50,62)(H,51,63)(H,52,61)(H,64,65)/t31-,32+,34+,37+,38-,39+,43+/m1/s1. The third-order valence-electron chi connectivity index (χ3n) is 12.7. The van der Waals surface area contributed by atoms with Gasteiger partial charge >= 0.3 is 5.97 Å². The molecule has 17 nitrogen and oxygen atoms in total. The molecule has 0 unspecified atom stereocenters. The Morgan fingerprint density at radius 2 is 1.42 bits per heavy atom. The first-order chi connectivity index (χ1) is 31.0. The lowest BCUT2D eigenvalue weighted by molar-refractivity contribution is -0.143. The number of hydrogen-bond acceptors (Lipinski definition) is 10. The van der Waals surface area contributed by atoms with E-state index >= 15 is 0 Å². The summed E-state index contributed by atoms with van der Waals surface area (Å²) in [5, 5.41) is 51.7. The van der Waals surface area contributed by atoms with Gasteiger partial charge in [0, 0.05) is 38.4 Å². The zero-order valence-electron chi connectivity index (χ0n) is 39.2.